The third-order valence-electron chi connectivity index (χ3n) is 3.10. The molecule has 24 heavy (non-hydrogen) atoms. The number of carbonyl (C=O) groups excluding carboxylic acids is 2. The van der Waals surface area contributed by atoms with E-state index in [0.717, 1.165) is 0 Å². The molecule has 2 amide bonds. The maximum absolute atomic E-state index is 10.9. The molecule has 0 spiro atoms. The van der Waals surface area contributed by atoms with Crippen LogP contribution in [0, 0.1) is 0 Å². The van der Waals surface area contributed by atoms with Gasteiger partial charge in [-0.05, 0) is 47.5 Å². The molecule has 2 aromatic rings. The summed E-state index contributed by atoms with van der Waals surface area (Å²) in [4.78, 5) is 21.8. The van der Waals surface area contributed by atoms with Gasteiger partial charge in [-0.1, -0.05) is 24.3 Å². The number of phenolic OH excluding ortho intramolecular Hbond substituents is 2. The molecule has 0 atom stereocenters. The van der Waals surface area contributed by atoms with Gasteiger partial charge in [-0.25, -0.2) is 0 Å². The molecule has 6 heteroatoms. The predicted octanol–water partition coefficient (Wildman–Crippen LogP) is 1.97. The molecule has 0 aliphatic heterocycles. The molecule has 0 aromatic heterocycles. The first-order valence-corrected chi connectivity index (χ1v) is 7.04. The third kappa shape index (κ3) is 4.74. The van der Waals surface area contributed by atoms with E-state index in [4.69, 9.17) is 0 Å². The third-order valence-corrected chi connectivity index (χ3v) is 3.10. The summed E-state index contributed by atoms with van der Waals surface area (Å²) < 4.78 is 0. The summed E-state index contributed by atoms with van der Waals surface area (Å²) in [6, 6.07) is 12.8. The van der Waals surface area contributed by atoms with E-state index < -0.39 is 0 Å². The van der Waals surface area contributed by atoms with Crippen molar-refractivity contribution < 1.29 is 19.8 Å². The maximum Gasteiger partial charge on any atom is 0.211 e. The Bertz CT molecular complexity index is 780. The van der Waals surface area contributed by atoms with Crippen LogP contribution >= 0.6 is 0 Å². The standard InChI is InChI=1S/C18H16N2O4/c21-11-19-17(9-13-4-6-15(23)7-5-13)18(20-12-22)10-14-2-1-3-16(24)8-14/h1-12,23-24H,(H,19,21)(H,20,22)/b17-9-,18-10-. The van der Waals surface area contributed by atoms with Gasteiger partial charge in [0.25, 0.3) is 0 Å². The molecule has 122 valence electrons. The summed E-state index contributed by atoms with van der Waals surface area (Å²) in [5, 5.41) is 23.9. The molecule has 2 aromatic carbocycles. The highest BCUT2D eigenvalue weighted by Crippen LogP contribution is 2.18. The van der Waals surface area contributed by atoms with Gasteiger partial charge in [0.1, 0.15) is 11.5 Å². The largest absolute Gasteiger partial charge is 0.508 e. The Morgan fingerprint density at radius 2 is 1.33 bits per heavy atom. The molecule has 0 saturated carbocycles. The second kappa shape index (κ2) is 8.19. The van der Waals surface area contributed by atoms with Crippen LogP contribution in [-0.4, -0.2) is 23.0 Å². The van der Waals surface area contributed by atoms with Crippen LogP contribution < -0.4 is 10.6 Å². The molecule has 0 unspecified atom stereocenters. The lowest BCUT2D eigenvalue weighted by Gasteiger charge is -2.11. The fourth-order valence-electron chi connectivity index (χ4n) is 2.04. The highest BCUT2D eigenvalue weighted by atomic mass is 16.3. The molecule has 0 heterocycles. The van der Waals surface area contributed by atoms with Crippen molar-refractivity contribution in [1.82, 2.24) is 10.6 Å². The first kappa shape index (κ1) is 16.8. The normalized spacial score (nSPS) is 11.7. The minimum atomic E-state index is 0.0848. The zero-order valence-corrected chi connectivity index (χ0v) is 12.6. The minimum Gasteiger partial charge on any atom is -0.508 e. The molecule has 4 N–H and O–H groups in total. The number of aromatic hydroxyl groups is 2. The first-order chi connectivity index (χ1) is 11.6. The van der Waals surface area contributed by atoms with Crippen molar-refractivity contribution in [2.75, 3.05) is 0 Å². The van der Waals surface area contributed by atoms with Crippen LogP contribution in [0.15, 0.2) is 59.9 Å². The van der Waals surface area contributed by atoms with Gasteiger partial charge in [-0.3, -0.25) is 9.59 Å². The van der Waals surface area contributed by atoms with Crippen LogP contribution in [-0.2, 0) is 9.59 Å². The number of hydrogen-bond donors (Lipinski definition) is 4. The number of benzene rings is 2. The molecule has 0 saturated heterocycles. The Labute approximate surface area is 138 Å². The van der Waals surface area contributed by atoms with E-state index in [1.54, 1.807) is 36.4 Å². The zero-order valence-electron chi connectivity index (χ0n) is 12.6. The molecular formula is C18H16N2O4. The Kier molecular flexibility index (Phi) is 5.74. The van der Waals surface area contributed by atoms with Crippen LogP contribution in [0.25, 0.3) is 12.2 Å². The van der Waals surface area contributed by atoms with Crippen molar-refractivity contribution >= 4 is 25.0 Å². The van der Waals surface area contributed by atoms with Gasteiger partial charge in [-0.2, -0.15) is 0 Å². The molecule has 2 rings (SSSR count). The Hall–Kier alpha value is -3.54. The van der Waals surface area contributed by atoms with Gasteiger partial charge in [0.05, 0.1) is 11.4 Å². The number of rotatable bonds is 7. The van der Waals surface area contributed by atoms with Crippen LogP contribution in [0.4, 0.5) is 0 Å². The minimum absolute atomic E-state index is 0.0848. The zero-order chi connectivity index (χ0) is 17.4. The van der Waals surface area contributed by atoms with E-state index >= 15 is 0 Å². The lowest BCUT2D eigenvalue weighted by Crippen LogP contribution is -2.21. The van der Waals surface area contributed by atoms with E-state index in [1.807, 2.05) is 0 Å². The molecule has 0 fully saturated rings. The van der Waals surface area contributed by atoms with Crippen molar-refractivity contribution in [1.29, 1.82) is 0 Å². The first-order valence-electron chi connectivity index (χ1n) is 7.04. The van der Waals surface area contributed by atoms with Gasteiger partial charge in [0.15, 0.2) is 0 Å². The number of hydrogen-bond acceptors (Lipinski definition) is 4. The summed E-state index contributed by atoms with van der Waals surface area (Å²) in [6.45, 7) is 0. The summed E-state index contributed by atoms with van der Waals surface area (Å²) in [7, 11) is 0. The van der Waals surface area contributed by atoms with Crippen molar-refractivity contribution in [2.45, 2.75) is 0 Å². The Balaban J connectivity index is 2.44. The lowest BCUT2D eigenvalue weighted by atomic mass is 10.1. The molecule has 0 aliphatic rings. The van der Waals surface area contributed by atoms with Gasteiger partial charge in [0.2, 0.25) is 12.8 Å². The van der Waals surface area contributed by atoms with E-state index in [-0.39, 0.29) is 11.5 Å². The number of amides is 2. The SMILES string of the molecule is O=CNC(=C\c1ccc(O)cc1)/C(=C/c1cccc(O)c1)NC=O. The van der Waals surface area contributed by atoms with E-state index in [9.17, 15) is 19.8 Å². The van der Waals surface area contributed by atoms with Gasteiger partial charge in [-0.15, -0.1) is 0 Å². The Morgan fingerprint density at radius 1 is 0.750 bits per heavy atom. The molecule has 0 aliphatic carbocycles. The van der Waals surface area contributed by atoms with Crippen molar-refractivity contribution in [2.24, 2.45) is 0 Å². The van der Waals surface area contributed by atoms with Crippen LogP contribution in [0.3, 0.4) is 0 Å². The summed E-state index contributed by atoms with van der Waals surface area (Å²) in [5.74, 6) is 0.209. The molecule has 0 bridgehead atoms. The fraction of sp³-hybridized carbons (Fsp3) is 0. The second-order valence-electron chi connectivity index (χ2n) is 4.83. The van der Waals surface area contributed by atoms with E-state index in [1.165, 1.54) is 24.3 Å². The summed E-state index contributed by atoms with van der Waals surface area (Å²) in [5.41, 5.74) is 2.05. The van der Waals surface area contributed by atoms with Gasteiger partial charge in [0, 0.05) is 0 Å². The highest BCUT2D eigenvalue weighted by molar-refractivity contribution is 5.72. The van der Waals surface area contributed by atoms with Crippen molar-refractivity contribution in [3.8, 4) is 11.5 Å². The topological polar surface area (TPSA) is 98.7 Å². The highest BCUT2D eigenvalue weighted by Gasteiger charge is 2.06. The lowest BCUT2D eigenvalue weighted by molar-refractivity contribution is -0.110. The molecular weight excluding hydrogens is 308 g/mol. The predicted molar refractivity (Wildman–Crippen MR) is 90.6 cm³/mol. The second-order valence-corrected chi connectivity index (χ2v) is 4.83. The maximum atomic E-state index is 10.9. The van der Waals surface area contributed by atoms with E-state index in [2.05, 4.69) is 10.6 Å². The monoisotopic (exact) mass is 324 g/mol. The van der Waals surface area contributed by atoms with Crippen molar-refractivity contribution in [3.63, 3.8) is 0 Å². The van der Waals surface area contributed by atoms with Crippen LogP contribution in [0.2, 0.25) is 0 Å². The number of phenols is 2. The summed E-state index contributed by atoms with van der Waals surface area (Å²) >= 11 is 0. The van der Waals surface area contributed by atoms with Crippen LogP contribution in [0.5, 0.6) is 11.5 Å². The van der Waals surface area contributed by atoms with Gasteiger partial charge >= 0.3 is 0 Å². The molecule has 6 nitrogen and oxygen atoms in total. The van der Waals surface area contributed by atoms with Crippen LogP contribution in [0.1, 0.15) is 11.1 Å². The number of nitrogens with one attached hydrogen (secondary N) is 2. The average Bonchev–Trinajstić information content (AvgIpc) is 2.56. The van der Waals surface area contributed by atoms with Gasteiger partial charge < -0.3 is 20.8 Å². The average molecular weight is 324 g/mol. The quantitative estimate of drug-likeness (QED) is 0.462. The smallest absolute Gasteiger partial charge is 0.211 e. The van der Waals surface area contributed by atoms with Crippen molar-refractivity contribution in [3.05, 3.63) is 71.1 Å². The summed E-state index contributed by atoms with van der Waals surface area (Å²) in [6.07, 6.45) is 4.23. The Morgan fingerprint density at radius 3 is 1.88 bits per heavy atom. The fourth-order valence-corrected chi connectivity index (χ4v) is 2.04. The number of carbonyl (C=O) groups is 2. The molecule has 0 radical (unpaired) electrons. The van der Waals surface area contributed by atoms with E-state index in [0.29, 0.717) is 35.3 Å².